The normalized spacial score (nSPS) is 11.5. The first kappa shape index (κ1) is 19.2. The first-order valence-corrected chi connectivity index (χ1v) is 8.04. The van der Waals surface area contributed by atoms with Crippen molar-refractivity contribution >= 4 is 11.9 Å². The SMILES string of the molecule is COC(=O)[C@H](NC(=O)CCCOc1ccc(F)cc1)c1cccc(O)c1. The summed E-state index contributed by atoms with van der Waals surface area (Å²) in [4.78, 5) is 24.0. The number of amides is 1. The van der Waals surface area contributed by atoms with Crippen LogP contribution < -0.4 is 10.1 Å². The second-order valence-corrected chi connectivity index (χ2v) is 5.52. The molecule has 2 aromatic rings. The summed E-state index contributed by atoms with van der Waals surface area (Å²) >= 11 is 0. The molecule has 0 unspecified atom stereocenters. The Kier molecular flexibility index (Phi) is 6.96. The van der Waals surface area contributed by atoms with Crippen molar-refractivity contribution in [3.63, 3.8) is 0 Å². The quantitative estimate of drug-likeness (QED) is 0.558. The molecular formula is C19H20FNO5. The zero-order chi connectivity index (χ0) is 18.9. The summed E-state index contributed by atoms with van der Waals surface area (Å²) in [6.45, 7) is 0.272. The first-order chi connectivity index (χ1) is 12.5. The molecule has 0 saturated carbocycles. The van der Waals surface area contributed by atoms with E-state index in [4.69, 9.17) is 9.47 Å². The molecule has 26 heavy (non-hydrogen) atoms. The summed E-state index contributed by atoms with van der Waals surface area (Å²) in [5.74, 6) is -0.840. The number of carbonyl (C=O) groups is 2. The van der Waals surface area contributed by atoms with Crippen LogP contribution in [0.4, 0.5) is 4.39 Å². The van der Waals surface area contributed by atoms with Gasteiger partial charge in [0.15, 0.2) is 6.04 Å². The Morgan fingerprint density at radius 3 is 2.58 bits per heavy atom. The number of esters is 1. The van der Waals surface area contributed by atoms with Gasteiger partial charge in [-0.2, -0.15) is 0 Å². The number of hydrogen-bond donors (Lipinski definition) is 2. The molecule has 0 aliphatic heterocycles. The third-order valence-corrected chi connectivity index (χ3v) is 3.58. The second kappa shape index (κ2) is 9.41. The molecule has 0 aliphatic rings. The van der Waals surface area contributed by atoms with Gasteiger partial charge in [0.2, 0.25) is 5.91 Å². The highest BCUT2D eigenvalue weighted by Crippen LogP contribution is 2.20. The lowest BCUT2D eigenvalue weighted by Crippen LogP contribution is -2.34. The Morgan fingerprint density at radius 1 is 1.19 bits per heavy atom. The number of rotatable bonds is 8. The van der Waals surface area contributed by atoms with Gasteiger partial charge in [-0.05, 0) is 48.4 Å². The molecule has 0 fully saturated rings. The minimum absolute atomic E-state index is 0.0154. The van der Waals surface area contributed by atoms with Crippen molar-refractivity contribution in [2.24, 2.45) is 0 Å². The molecule has 138 valence electrons. The predicted molar refractivity (Wildman–Crippen MR) is 92.1 cm³/mol. The smallest absolute Gasteiger partial charge is 0.333 e. The lowest BCUT2D eigenvalue weighted by Gasteiger charge is -2.17. The summed E-state index contributed by atoms with van der Waals surface area (Å²) in [6, 6.07) is 10.6. The van der Waals surface area contributed by atoms with E-state index in [0.29, 0.717) is 17.7 Å². The van der Waals surface area contributed by atoms with E-state index in [0.717, 1.165) is 0 Å². The van der Waals surface area contributed by atoms with Gasteiger partial charge in [-0.15, -0.1) is 0 Å². The Balaban J connectivity index is 1.85. The van der Waals surface area contributed by atoms with Gasteiger partial charge in [0.05, 0.1) is 13.7 Å². The number of phenols is 1. The average molecular weight is 361 g/mol. The molecule has 0 spiro atoms. The molecule has 0 heterocycles. The number of hydrogen-bond acceptors (Lipinski definition) is 5. The van der Waals surface area contributed by atoms with Crippen LogP contribution in [0.2, 0.25) is 0 Å². The summed E-state index contributed by atoms with van der Waals surface area (Å²) < 4.78 is 22.9. The molecule has 0 saturated heterocycles. The maximum atomic E-state index is 12.8. The van der Waals surface area contributed by atoms with E-state index in [9.17, 15) is 19.1 Å². The minimum atomic E-state index is -1.00. The summed E-state index contributed by atoms with van der Waals surface area (Å²) in [5, 5.41) is 12.1. The van der Waals surface area contributed by atoms with Gasteiger partial charge in [-0.25, -0.2) is 9.18 Å². The zero-order valence-corrected chi connectivity index (χ0v) is 14.3. The second-order valence-electron chi connectivity index (χ2n) is 5.52. The summed E-state index contributed by atoms with van der Waals surface area (Å²) in [7, 11) is 1.22. The van der Waals surface area contributed by atoms with Crippen LogP contribution >= 0.6 is 0 Å². The molecule has 7 heteroatoms. The third kappa shape index (κ3) is 5.77. The largest absolute Gasteiger partial charge is 0.508 e. The fourth-order valence-corrected chi connectivity index (χ4v) is 2.29. The van der Waals surface area contributed by atoms with Gasteiger partial charge < -0.3 is 19.9 Å². The molecule has 2 N–H and O–H groups in total. The number of methoxy groups -OCH3 is 1. The van der Waals surface area contributed by atoms with Crippen LogP contribution in [0, 0.1) is 5.82 Å². The first-order valence-electron chi connectivity index (χ1n) is 8.04. The van der Waals surface area contributed by atoms with E-state index < -0.39 is 12.0 Å². The predicted octanol–water partition coefficient (Wildman–Crippen LogP) is 2.72. The zero-order valence-electron chi connectivity index (χ0n) is 14.3. The molecule has 0 bridgehead atoms. The highest BCUT2D eigenvalue weighted by molar-refractivity contribution is 5.85. The highest BCUT2D eigenvalue weighted by atomic mass is 19.1. The van der Waals surface area contributed by atoms with Crippen LogP contribution in [0.5, 0.6) is 11.5 Å². The van der Waals surface area contributed by atoms with Crippen LogP contribution in [0.15, 0.2) is 48.5 Å². The average Bonchev–Trinajstić information content (AvgIpc) is 2.64. The molecular weight excluding hydrogens is 341 g/mol. The van der Waals surface area contributed by atoms with Crippen molar-refractivity contribution in [2.75, 3.05) is 13.7 Å². The van der Waals surface area contributed by atoms with Gasteiger partial charge in [0.25, 0.3) is 0 Å². The standard InChI is InChI=1S/C19H20FNO5/c1-25-19(24)18(13-4-2-5-15(22)12-13)21-17(23)6-3-11-26-16-9-7-14(20)8-10-16/h2,4-5,7-10,12,18,22H,3,6,11H2,1H3,(H,21,23)/t18-/m1/s1. The van der Waals surface area contributed by atoms with E-state index >= 15 is 0 Å². The van der Waals surface area contributed by atoms with Gasteiger partial charge >= 0.3 is 5.97 Å². The van der Waals surface area contributed by atoms with Crippen molar-refractivity contribution in [3.8, 4) is 11.5 Å². The van der Waals surface area contributed by atoms with Crippen LogP contribution in [0.3, 0.4) is 0 Å². The Labute approximate surface area is 150 Å². The number of nitrogens with one attached hydrogen (secondary N) is 1. The van der Waals surface area contributed by atoms with Gasteiger partial charge in [-0.3, -0.25) is 4.79 Å². The number of aromatic hydroxyl groups is 1. The maximum Gasteiger partial charge on any atom is 0.333 e. The van der Waals surface area contributed by atoms with Gasteiger partial charge in [-0.1, -0.05) is 12.1 Å². The van der Waals surface area contributed by atoms with Crippen molar-refractivity contribution in [3.05, 3.63) is 59.9 Å². The van der Waals surface area contributed by atoms with Crippen LogP contribution in [0.25, 0.3) is 0 Å². The Bertz CT molecular complexity index is 748. The Hall–Kier alpha value is -3.09. The number of phenolic OH excluding ortho intramolecular Hbond substituents is 1. The topological polar surface area (TPSA) is 84.9 Å². The fourth-order valence-electron chi connectivity index (χ4n) is 2.29. The molecule has 0 aliphatic carbocycles. The van der Waals surface area contributed by atoms with Crippen molar-refractivity contribution < 1.29 is 28.6 Å². The monoisotopic (exact) mass is 361 g/mol. The molecule has 0 aromatic heterocycles. The van der Waals surface area contributed by atoms with Crippen LogP contribution in [-0.4, -0.2) is 30.7 Å². The van der Waals surface area contributed by atoms with Crippen molar-refractivity contribution in [1.82, 2.24) is 5.32 Å². The fraction of sp³-hybridized carbons (Fsp3) is 0.263. The third-order valence-electron chi connectivity index (χ3n) is 3.58. The van der Waals surface area contributed by atoms with Crippen molar-refractivity contribution in [2.45, 2.75) is 18.9 Å². The minimum Gasteiger partial charge on any atom is -0.508 e. The van der Waals surface area contributed by atoms with E-state index in [1.165, 1.54) is 43.5 Å². The van der Waals surface area contributed by atoms with E-state index in [-0.39, 0.29) is 30.5 Å². The molecule has 0 radical (unpaired) electrons. The highest BCUT2D eigenvalue weighted by Gasteiger charge is 2.23. The molecule has 2 aromatic carbocycles. The number of carbonyl (C=O) groups excluding carboxylic acids is 2. The van der Waals surface area contributed by atoms with E-state index in [1.54, 1.807) is 12.1 Å². The molecule has 2 rings (SSSR count). The Morgan fingerprint density at radius 2 is 1.92 bits per heavy atom. The van der Waals surface area contributed by atoms with E-state index in [1.807, 2.05) is 0 Å². The summed E-state index contributed by atoms with van der Waals surface area (Å²) in [6.07, 6.45) is 0.546. The molecule has 6 nitrogen and oxygen atoms in total. The van der Waals surface area contributed by atoms with Crippen LogP contribution in [-0.2, 0) is 14.3 Å². The summed E-state index contributed by atoms with van der Waals surface area (Å²) in [5.41, 5.74) is 0.424. The molecule has 1 amide bonds. The number of ether oxygens (including phenoxy) is 2. The van der Waals surface area contributed by atoms with Crippen LogP contribution in [0.1, 0.15) is 24.4 Å². The van der Waals surface area contributed by atoms with Crippen molar-refractivity contribution in [1.29, 1.82) is 0 Å². The molecule has 1 atom stereocenters. The lowest BCUT2D eigenvalue weighted by atomic mass is 10.1. The number of halogens is 1. The number of benzene rings is 2. The van der Waals surface area contributed by atoms with Gasteiger partial charge in [0, 0.05) is 6.42 Å². The van der Waals surface area contributed by atoms with Gasteiger partial charge in [0.1, 0.15) is 17.3 Å². The lowest BCUT2D eigenvalue weighted by molar-refractivity contribution is -0.145. The van der Waals surface area contributed by atoms with E-state index in [2.05, 4.69) is 5.32 Å². The maximum absolute atomic E-state index is 12.8.